The highest BCUT2D eigenvalue weighted by molar-refractivity contribution is 5.77. The Morgan fingerprint density at radius 1 is 1.38 bits per heavy atom. The van der Waals surface area contributed by atoms with Gasteiger partial charge in [-0.15, -0.1) is 0 Å². The Morgan fingerprint density at radius 2 is 2.19 bits per heavy atom. The summed E-state index contributed by atoms with van der Waals surface area (Å²) >= 11 is 0. The molecule has 5 nitrogen and oxygen atoms in total. The number of guanidine groups is 1. The smallest absolute Gasteiger partial charge is 0.188 e. The van der Waals surface area contributed by atoms with E-state index in [1.807, 2.05) is 19.1 Å². The van der Waals surface area contributed by atoms with Gasteiger partial charge < -0.3 is 20.5 Å². The van der Waals surface area contributed by atoms with Crippen LogP contribution < -0.4 is 15.8 Å². The first-order valence-corrected chi connectivity index (χ1v) is 7.42. The van der Waals surface area contributed by atoms with E-state index in [0.717, 1.165) is 38.3 Å². The highest BCUT2D eigenvalue weighted by Crippen LogP contribution is 2.19. The van der Waals surface area contributed by atoms with Gasteiger partial charge in [-0.2, -0.15) is 0 Å². The molecular formula is C16H27N3O2. The zero-order valence-corrected chi connectivity index (χ0v) is 13.3. The van der Waals surface area contributed by atoms with Gasteiger partial charge in [0.15, 0.2) is 5.96 Å². The second kappa shape index (κ2) is 10.0. The van der Waals surface area contributed by atoms with Gasteiger partial charge in [-0.3, -0.25) is 4.99 Å². The standard InChI is InChI=1S/C16H27N3O2/c1-4-21-11-5-9-18-16(17)19-10-8-14-12-13(2)6-7-15(14)20-3/h6-7,12H,4-5,8-11H2,1-3H3,(H3,17,18,19). The summed E-state index contributed by atoms with van der Waals surface area (Å²) in [4.78, 5) is 4.26. The van der Waals surface area contributed by atoms with E-state index in [1.165, 1.54) is 11.1 Å². The number of aliphatic imine (C=N–C) groups is 1. The molecule has 0 aliphatic heterocycles. The third-order valence-corrected chi connectivity index (χ3v) is 3.07. The largest absolute Gasteiger partial charge is 0.496 e. The molecule has 0 aromatic heterocycles. The molecule has 0 heterocycles. The molecule has 0 aliphatic rings. The topological polar surface area (TPSA) is 68.9 Å². The monoisotopic (exact) mass is 293 g/mol. The molecule has 1 rings (SSSR count). The molecule has 1 aromatic rings. The minimum Gasteiger partial charge on any atom is -0.496 e. The highest BCUT2D eigenvalue weighted by atomic mass is 16.5. The average molecular weight is 293 g/mol. The maximum absolute atomic E-state index is 5.82. The van der Waals surface area contributed by atoms with Gasteiger partial charge in [0.25, 0.3) is 0 Å². The number of nitrogens with zero attached hydrogens (tertiary/aromatic N) is 1. The molecule has 1 aromatic carbocycles. The molecule has 0 amide bonds. The maximum atomic E-state index is 5.82. The molecule has 0 saturated heterocycles. The van der Waals surface area contributed by atoms with Crippen molar-refractivity contribution in [2.75, 3.05) is 33.4 Å². The van der Waals surface area contributed by atoms with E-state index < -0.39 is 0 Å². The Bertz CT molecular complexity index is 447. The average Bonchev–Trinajstić information content (AvgIpc) is 2.47. The number of ether oxygens (including phenoxy) is 2. The normalized spacial score (nSPS) is 11.5. The lowest BCUT2D eigenvalue weighted by Crippen LogP contribution is -2.33. The maximum Gasteiger partial charge on any atom is 0.188 e. The van der Waals surface area contributed by atoms with Crippen LogP contribution in [-0.4, -0.2) is 39.4 Å². The van der Waals surface area contributed by atoms with Gasteiger partial charge in [-0.1, -0.05) is 17.7 Å². The van der Waals surface area contributed by atoms with Crippen LogP contribution in [0.25, 0.3) is 0 Å². The second-order valence-electron chi connectivity index (χ2n) is 4.81. The summed E-state index contributed by atoms with van der Waals surface area (Å²) in [5.41, 5.74) is 8.22. The lowest BCUT2D eigenvalue weighted by Gasteiger charge is -2.10. The van der Waals surface area contributed by atoms with E-state index in [4.69, 9.17) is 15.2 Å². The Morgan fingerprint density at radius 3 is 2.90 bits per heavy atom. The third kappa shape index (κ3) is 6.99. The van der Waals surface area contributed by atoms with Crippen LogP contribution in [0.5, 0.6) is 5.75 Å². The van der Waals surface area contributed by atoms with Crippen molar-refractivity contribution in [3.8, 4) is 5.75 Å². The Hall–Kier alpha value is -1.75. The van der Waals surface area contributed by atoms with Gasteiger partial charge in [-0.25, -0.2) is 0 Å². The van der Waals surface area contributed by atoms with E-state index in [2.05, 4.69) is 23.3 Å². The highest BCUT2D eigenvalue weighted by Gasteiger charge is 2.03. The first kappa shape index (κ1) is 17.3. The van der Waals surface area contributed by atoms with E-state index in [-0.39, 0.29) is 0 Å². The van der Waals surface area contributed by atoms with E-state index in [1.54, 1.807) is 7.11 Å². The number of nitrogens with one attached hydrogen (secondary N) is 1. The van der Waals surface area contributed by atoms with Gasteiger partial charge in [0.05, 0.1) is 7.11 Å². The van der Waals surface area contributed by atoms with Crippen molar-refractivity contribution in [3.05, 3.63) is 29.3 Å². The minimum absolute atomic E-state index is 0.484. The van der Waals surface area contributed by atoms with E-state index >= 15 is 0 Å². The molecule has 0 saturated carbocycles. The SMILES string of the molecule is CCOCCCN=C(N)NCCc1cc(C)ccc1OC. The number of hydrogen-bond acceptors (Lipinski definition) is 3. The van der Waals surface area contributed by atoms with Crippen molar-refractivity contribution < 1.29 is 9.47 Å². The number of nitrogens with two attached hydrogens (primary N) is 1. The summed E-state index contributed by atoms with van der Waals surface area (Å²) in [6, 6.07) is 6.18. The fourth-order valence-electron chi connectivity index (χ4n) is 1.99. The number of benzene rings is 1. The van der Waals surface area contributed by atoms with Gasteiger partial charge in [0.1, 0.15) is 5.75 Å². The predicted molar refractivity (Wildman–Crippen MR) is 87.0 cm³/mol. The van der Waals surface area contributed by atoms with Crippen molar-refractivity contribution in [1.82, 2.24) is 5.32 Å². The summed E-state index contributed by atoms with van der Waals surface area (Å²) in [6.45, 7) is 6.96. The summed E-state index contributed by atoms with van der Waals surface area (Å²) < 4.78 is 10.6. The van der Waals surface area contributed by atoms with Crippen molar-refractivity contribution in [2.24, 2.45) is 10.7 Å². The van der Waals surface area contributed by atoms with Crippen molar-refractivity contribution in [2.45, 2.75) is 26.7 Å². The van der Waals surface area contributed by atoms with Crippen LogP contribution in [0, 0.1) is 6.92 Å². The Kier molecular flexibility index (Phi) is 8.28. The van der Waals surface area contributed by atoms with Crippen LogP contribution in [0.4, 0.5) is 0 Å². The van der Waals surface area contributed by atoms with Crippen LogP contribution in [0.1, 0.15) is 24.5 Å². The fraction of sp³-hybridized carbons (Fsp3) is 0.562. The molecule has 21 heavy (non-hydrogen) atoms. The summed E-state index contributed by atoms with van der Waals surface area (Å²) in [7, 11) is 1.69. The van der Waals surface area contributed by atoms with Gasteiger partial charge >= 0.3 is 0 Å². The van der Waals surface area contributed by atoms with Crippen LogP contribution in [0.15, 0.2) is 23.2 Å². The Labute approximate surface area is 127 Å². The van der Waals surface area contributed by atoms with Crippen molar-refractivity contribution in [3.63, 3.8) is 0 Å². The predicted octanol–water partition coefficient (Wildman–Crippen LogP) is 1.88. The molecule has 118 valence electrons. The zero-order valence-electron chi connectivity index (χ0n) is 13.3. The summed E-state index contributed by atoms with van der Waals surface area (Å²) in [5.74, 6) is 1.40. The molecule has 0 atom stereocenters. The van der Waals surface area contributed by atoms with E-state index in [9.17, 15) is 0 Å². The lowest BCUT2D eigenvalue weighted by molar-refractivity contribution is 0.146. The molecule has 0 bridgehead atoms. The number of aryl methyl sites for hydroxylation is 1. The van der Waals surface area contributed by atoms with Gasteiger partial charge in [-0.05, 0) is 38.3 Å². The molecule has 0 fully saturated rings. The molecule has 0 unspecified atom stereocenters. The number of rotatable bonds is 9. The molecule has 0 aliphatic carbocycles. The molecule has 3 N–H and O–H groups in total. The lowest BCUT2D eigenvalue weighted by atomic mass is 10.1. The second-order valence-corrected chi connectivity index (χ2v) is 4.81. The third-order valence-electron chi connectivity index (χ3n) is 3.07. The van der Waals surface area contributed by atoms with Crippen LogP contribution in [0.2, 0.25) is 0 Å². The first-order valence-electron chi connectivity index (χ1n) is 7.42. The fourth-order valence-corrected chi connectivity index (χ4v) is 1.99. The zero-order chi connectivity index (χ0) is 15.5. The first-order chi connectivity index (χ1) is 10.2. The quantitative estimate of drug-likeness (QED) is 0.414. The molecule has 0 spiro atoms. The summed E-state index contributed by atoms with van der Waals surface area (Å²) in [6.07, 6.45) is 1.74. The number of hydrogen-bond donors (Lipinski definition) is 2. The molecule has 0 radical (unpaired) electrons. The Balaban J connectivity index is 2.32. The molecular weight excluding hydrogens is 266 g/mol. The van der Waals surface area contributed by atoms with Crippen molar-refractivity contribution in [1.29, 1.82) is 0 Å². The van der Waals surface area contributed by atoms with Crippen molar-refractivity contribution >= 4 is 5.96 Å². The summed E-state index contributed by atoms with van der Waals surface area (Å²) in [5, 5.41) is 3.12. The number of methoxy groups -OCH3 is 1. The van der Waals surface area contributed by atoms with E-state index in [0.29, 0.717) is 12.5 Å². The van der Waals surface area contributed by atoms with Crippen LogP contribution >= 0.6 is 0 Å². The van der Waals surface area contributed by atoms with Gasteiger partial charge in [0.2, 0.25) is 0 Å². The minimum atomic E-state index is 0.484. The van der Waals surface area contributed by atoms with Crippen LogP contribution in [0.3, 0.4) is 0 Å². The van der Waals surface area contributed by atoms with Crippen LogP contribution in [-0.2, 0) is 11.2 Å². The van der Waals surface area contributed by atoms with Gasteiger partial charge in [0, 0.05) is 26.3 Å². The molecule has 5 heteroatoms.